The molecule has 1 amide bonds. The lowest BCUT2D eigenvalue weighted by Crippen LogP contribution is -2.27. The van der Waals surface area contributed by atoms with Gasteiger partial charge in [-0.15, -0.1) is 6.58 Å². The molecule has 184 valence electrons. The summed E-state index contributed by atoms with van der Waals surface area (Å²) in [6.07, 6.45) is 4.07. The molecule has 0 bridgehead atoms. The Balaban J connectivity index is 1.64. The minimum absolute atomic E-state index is 0.0805. The summed E-state index contributed by atoms with van der Waals surface area (Å²) in [5.74, 6) is 0.280. The summed E-state index contributed by atoms with van der Waals surface area (Å²) in [6, 6.07) is 15.7. The van der Waals surface area contributed by atoms with E-state index in [4.69, 9.17) is 33.3 Å². The summed E-state index contributed by atoms with van der Waals surface area (Å²) in [6.45, 7) is 4.22. The van der Waals surface area contributed by atoms with E-state index in [1.165, 1.54) is 23.1 Å². The van der Waals surface area contributed by atoms with Crippen LogP contribution in [0.15, 0.2) is 76.6 Å². The maximum Gasteiger partial charge on any atom is 0.270 e. The molecule has 4 rings (SSSR count). The number of benzene rings is 3. The van der Waals surface area contributed by atoms with Crippen LogP contribution >= 0.6 is 51.5 Å². The number of rotatable bonds is 8. The lowest BCUT2D eigenvalue weighted by atomic mass is 10.0. The predicted molar refractivity (Wildman–Crippen MR) is 152 cm³/mol. The molecule has 36 heavy (non-hydrogen) atoms. The van der Waals surface area contributed by atoms with Crippen molar-refractivity contribution in [3.8, 4) is 11.5 Å². The van der Waals surface area contributed by atoms with Gasteiger partial charge < -0.3 is 9.47 Å². The highest BCUT2D eigenvalue weighted by Gasteiger charge is 2.33. The van der Waals surface area contributed by atoms with E-state index in [1.54, 1.807) is 19.3 Å². The molecule has 3 aromatic rings. The molecule has 1 saturated heterocycles. The van der Waals surface area contributed by atoms with Crippen molar-refractivity contribution in [1.82, 2.24) is 0 Å². The number of carbonyl (C=O) groups is 1. The number of carbonyl (C=O) groups excluding carboxylic acids is 1. The van der Waals surface area contributed by atoms with E-state index in [9.17, 15) is 9.18 Å². The Bertz CT molecular complexity index is 1380. The minimum atomic E-state index is -0.564. The lowest BCUT2D eigenvalue weighted by molar-refractivity contribution is -0.113. The van der Waals surface area contributed by atoms with Crippen molar-refractivity contribution in [3.05, 3.63) is 104 Å². The topological polar surface area (TPSA) is 38.8 Å². The van der Waals surface area contributed by atoms with Crippen molar-refractivity contribution in [2.75, 3.05) is 12.0 Å². The second kappa shape index (κ2) is 11.6. The van der Waals surface area contributed by atoms with Gasteiger partial charge >= 0.3 is 0 Å². The summed E-state index contributed by atoms with van der Waals surface area (Å²) < 4.78 is 26.7. The van der Waals surface area contributed by atoms with Crippen LogP contribution in [0.3, 0.4) is 0 Å². The largest absolute Gasteiger partial charge is 0.493 e. The van der Waals surface area contributed by atoms with E-state index in [2.05, 4.69) is 22.5 Å². The van der Waals surface area contributed by atoms with Crippen LogP contribution in [-0.2, 0) is 17.8 Å². The molecule has 1 aliphatic heterocycles. The number of allylic oxidation sites excluding steroid dienone is 1. The highest BCUT2D eigenvalue weighted by Crippen LogP contribution is 2.39. The first-order chi connectivity index (χ1) is 17.3. The van der Waals surface area contributed by atoms with Gasteiger partial charge in [0.25, 0.3) is 5.91 Å². The number of amides is 1. The van der Waals surface area contributed by atoms with Crippen molar-refractivity contribution in [3.63, 3.8) is 0 Å². The Morgan fingerprint density at radius 3 is 2.61 bits per heavy atom. The Morgan fingerprint density at radius 2 is 1.94 bits per heavy atom. The van der Waals surface area contributed by atoms with Gasteiger partial charge in [0.05, 0.1) is 22.7 Å². The Kier molecular flexibility index (Phi) is 8.51. The Labute approximate surface area is 231 Å². The molecule has 0 aromatic heterocycles. The SMILES string of the molecule is C=CCc1cc(/C=C2\SC(=S)N(c3ccc(F)c(Cl)c3)C2=O)cc(OC)c1OCc1ccc(Br)cc1. The van der Waals surface area contributed by atoms with Crippen molar-refractivity contribution >= 4 is 73.5 Å². The number of hydrogen-bond acceptors (Lipinski definition) is 5. The molecule has 3 aromatic carbocycles. The van der Waals surface area contributed by atoms with Gasteiger partial charge in [0.1, 0.15) is 12.4 Å². The lowest BCUT2D eigenvalue weighted by Gasteiger charge is -2.16. The summed E-state index contributed by atoms with van der Waals surface area (Å²) >= 11 is 15.9. The molecule has 1 fully saturated rings. The average Bonchev–Trinajstić information content (AvgIpc) is 3.13. The number of anilines is 1. The molecule has 0 aliphatic carbocycles. The van der Waals surface area contributed by atoms with E-state index < -0.39 is 5.82 Å². The van der Waals surface area contributed by atoms with Gasteiger partial charge in [-0.3, -0.25) is 9.69 Å². The van der Waals surface area contributed by atoms with Gasteiger partial charge in [-0.05, 0) is 66.1 Å². The number of thioether (sulfide) groups is 1. The minimum Gasteiger partial charge on any atom is -0.493 e. The van der Waals surface area contributed by atoms with Crippen LogP contribution in [0.25, 0.3) is 6.08 Å². The first kappa shape index (κ1) is 26.4. The highest BCUT2D eigenvalue weighted by molar-refractivity contribution is 9.10. The summed E-state index contributed by atoms with van der Waals surface area (Å²) in [4.78, 5) is 14.9. The van der Waals surface area contributed by atoms with Gasteiger partial charge in [-0.1, -0.05) is 69.7 Å². The fraction of sp³-hybridized carbons (Fsp3) is 0.111. The molecule has 9 heteroatoms. The van der Waals surface area contributed by atoms with Crippen LogP contribution in [-0.4, -0.2) is 17.3 Å². The van der Waals surface area contributed by atoms with Gasteiger partial charge in [0, 0.05) is 10.0 Å². The standard InChI is InChI=1S/C27H20BrClFNO3S2/c1-3-4-18-11-17(12-23(33-2)25(18)34-15-16-5-7-19(28)8-6-16)13-24-26(32)31(27(35)36-24)20-9-10-22(30)21(29)14-20/h3,5-14H,1,4,15H2,2H3/b24-13-. The normalized spacial score (nSPS) is 14.4. The molecular weight excluding hydrogens is 585 g/mol. The van der Waals surface area contributed by atoms with Crippen LogP contribution in [0, 0.1) is 5.82 Å². The summed E-state index contributed by atoms with van der Waals surface area (Å²) in [5.41, 5.74) is 3.04. The molecule has 0 radical (unpaired) electrons. The van der Waals surface area contributed by atoms with Gasteiger partial charge in [-0.2, -0.15) is 0 Å². The van der Waals surface area contributed by atoms with E-state index in [-0.39, 0.29) is 10.9 Å². The molecule has 4 nitrogen and oxygen atoms in total. The quantitative estimate of drug-likeness (QED) is 0.148. The first-order valence-corrected chi connectivity index (χ1v) is 13.1. The summed E-state index contributed by atoms with van der Waals surface area (Å²) in [5, 5.41) is -0.0805. The number of thiocarbonyl (C=S) groups is 1. The Morgan fingerprint density at radius 1 is 1.19 bits per heavy atom. The van der Waals surface area contributed by atoms with Crippen molar-refractivity contribution in [2.45, 2.75) is 13.0 Å². The molecular formula is C27H20BrClFNO3S2. The maximum absolute atomic E-state index is 13.6. The van der Waals surface area contributed by atoms with E-state index in [1.807, 2.05) is 36.4 Å². The van der Waals surface area contributed by atoms with E-state index in [0.717, 1.165) is 32.9 Å². The zero-order valence-electron chi connectivity index (χ0n) is 19.1. The number of nitrogens with zero attached hydrogens (tertiary/aromatic N) is 1. The van der Waals surface area contributed by atoms with Crippen molar-refractivity contribution in [1.29, 1.82) is 0 Å². The van der Waals surface area contributed by atoms with Crippen LogP contribution in [0.1, 0.15) is 16.7 Å². The molecule has 0 N–H and O–H groups in total. The van der Waals surface area contributed by atoms with E-state index >= 15 is 0 Å². The van der Waals surface area contributed by atoms with Crippen LogP contribution < -0.4 is 14.4 Å². The van der Waals surface area contributed by atoms with Gasteiger partial charge in [-0.25, -0.2) is 4.39 Å². The van der Waals surface area contributed by atoms with E-state index in [0.29, 0.717) is 39.4 Å². The highest BCUT2D eigenvalue weighted by atomic mass is 79.9. The zero-order chi connectivity index (χ0) is 25.8. The van der Waals surface area contributed by atoms with Gasteiger partial charge in [0.2, 0.25) is 0 Å². The van der Waals surface area contributed by atoms with Crippen molar-refractivity contribution in [2.24, 2.45) is 0 Å². The molecule has 0 unspecified atom stereocenters. The molecule has 0 saturated carbocycles. The number of hydrogen-bond donors (Lipinski definition) is 0. The zero-order valence-corrected chi connectivity index (χ0v) is 23.1. The molecule has 1 heterocycles. The number of halogens is 3. The molecule has 0 spiro atoms. The third-order valence-corrected chi connectivity index (χ3v) is 7.41. The fourth-order valence-electron chi connectivity index (χ4n) is 3.59. The smallest absolute Gasteiger partial charge is 0.270 e. The number of methoxy groups -OCH3 is 1. The third kappa shape index (κ3) is 5.83. The van der Waals surface area contributed by atoms with Gasteiger partial charge in [0.15, 0.2) is 15.8 Å². The maximum atomic E-state index is 13.6. The first-order valence-electron chi connectivity index (χ1n) is 10.7. The number of ether oxygens (including phenoxy) is 2. The van der Waals surface area contributed by atoms with Crippen LogP contribution in [0.2, 0.25) is 5.02 Å². The predicted octanol–water partition coefficient (Wildman–Crippen LogP) is 7.96. The van der Waals surface area contributed by atoms with Crippen LogP contribution in [0.4, 0.5) is 10.1 Å². The monoisotopic (exact) mass is 603 g/mol. The summed E-state index contributed by atoms with van der Waals surface area (Å²) in [7, 11) is 1.57. The molecule has 1 aliphatic rings. The van der Waals surface area contributed by atoms with Crippen molar-refractivity contribution < 1.29 is 18.7 Å². The van der Waals surface area contributed by atoms with Crippen LogP contribution in [0.5, 0.6) is 11.5 Å². The molecule has 0 atom stereocenters. The Hall–Kier alpha value is -2.65. The third-order valence-electron chi connectivity index (χ3n) is 5.29. The second-order valence-corrected chi connectivity index (χ2v) is 10.7. The fourth-order valence-corrected chi connectivity index (χ4v) is 5.33. The average molecular weight is 605 g/mol. The second-order valence-electron chi connectivity index (χ2n) is 7.73.